The quantitative estimate of drug-likeness (QED) is 0.113. The molecule has 44 heavy (non-hydrogen) atoms. The number of nitrogens with zero attached hydrogens (tertiary/aromatic N) is 3. The maximum atomic E-state index is 12.7. The van der Waals surface area contributed by atoms with E-state index in [2.05, 4.69) is 35.1 Å². The van der Waals surface area contributed by atoms with Gasteiger partial charge in [0.1, 0.15) is 0 Å². The molecule has 0 saturated heterocycles. The van der Waals surface area contributed by atoms with Gasteiger partial charge in [-0.1, -0.05) is 101 Å². The van der Waals surface area contributed by atoms with Crippen LogP contribution < -0.4 is 14.4 Å². The molecule has 0 aliphatic carbocycles. The van der Waals surface area contributed by atoms with Gasteiger partial charge < -0.3 is 14.4 Å². The number of ether oxygens (including phenoxy) is 2. The van der Waals surface area contributed by atoms with Crippen molar-refractivity contribution in [2.24, 2.45) is 4.99 Å². The smallest absolute Gasteiger partial charge is 0.247 e. The van der Waals surface area contributed by atoms with Crippen molar-refractivity contribution in [3.8, 4) is 11.5 Å². The standard InChI is InChI=1S/C38H50N3O3/c1-4-5-6-7-8-9-10-11-12-13-14-17-26-44-36-24-21-33(27-37(36)43-3)30-41(31(2)42)34-22-19-32(20-23-34)28-38-39-29-35-18-15-16-25-40(35)38/h15-16,18-25,27H,4-14,17,26,28,30H2,1-3H3/q+1. The van der Waals surface area contributed by atoms with Crippen LogP contribution in [0.3, 0.4) is 0 Å². The van der Waals surface area contributed by atoms with E-state index >= 15 is 0 Å². The van der Waals surface area contributed by atoms with Crippen LogP contribution in [0.4, 0.5) is 5.69 Å². The topological polar surface area (TPSA) is 54.4 Å². The number of amides is 1. The van der Waals surface area contributed by atoms with Gasteiger partial charge in [-0.15, -0.1) is 0 Å². The molecule has 0 saturated carbocycles. The van der Waals surface area contributed by atoms with Crippen LogP contribution in [0.5, 0.6) is 11.5 Å². The molecule has 0 bridgehead atoms. The van der Waals surface area contributed by atoms with Gasteiger partial charge >= 0.3 is 0 Å². The van der Waals surface area contributed by atoms with Crippen LogP contribution in [-0.4, -0.2) is 30.4 Å². The van der Waals surface area contributed by atoms with Crippen molar-refractivity contribution in [2.45, 2.75) is 104 Å². The fourth-order valence-electron chi connectivity index (χ4n) is 5.66. The molecule has 2 aliphatic heterocycles. The third-order valence-electron chi connectivity index (χ3n) is 8.25. The highest BCUT2D eigenvalue weighted by molar-refractivity contribution is 5.92. The molecule has 2 aromatic rings. The van der Waals surface area contributed by atoms with Crippen LogP contribution in [-0.2, 0) is 17.8 Å². The number of aliphatic imine (C=N–C) groups is 1. The van der Waals surface area contributed by atoms with Crippen LogP contribution >= 0.6 is 0 Å². The lowest BCUT2D eigenvalue weighted by molar-refractivity contribution is -0.116. The van der Waals surface area contributed by atoms with E-state index in [4.69, 9.17) is 9.47 Å². The van der Waals surface area contributed by atoms with E-state index in [1.807, 2.05) is 54.8 Å². The fraction of sp³-hybridized carbons (Fsp3) is 0.474. The van der Waals surface area contributed by atoms with E-state index < -0.39 is 0 Å². The van der Waals surface area contributed by atoms with Crippen molar-refractivity contribution in [3.63, 3.8) is 0 Å². The second-order valence-electron chi connectivity index (χ2n) is 11.8. The molecule has 6 nitrogen and oxygen atoms in total. The number of hydrogen-bond donors (Lipinski definition) is 0. The van der Waals surface area contributed by atoms with Gasteiger partial charge in [-0.25, -0.2) is 4.90 Å². The summed E-state index contributed by atoms with van der Waals surface area (Å²) in [5, 5.41) is 0. The highest BCUT2D eigenvalue weighted by Gasteiger charge is 2.28. The number of unbranched alkanes of at least 4 members (excludes halogenated alkanes) is 11. The maximum absolute atomic E-state index is 12.7. The molecule has 2 heterocycles. The predicted molar refractivity (Wildman–Crippen MR) is 181 cm³/mol. The molecule has 0 radical (unpaired) electrons. The number of fused-ring (bicyclic) bond motifs is 1. The first-order valence-electron chi connectivity index (χ1n) is 16.6. The summed E-state index contributed by atoms with van der Waals surface area (Å²) in [4.78, 5) is 21.0. The molecule has 0 aromatic heterocycles. The third kappa shape index (κ3) is 10.1. The van der Waals surface area contributed by atoms with E-state index in [1.54, 1.807) is 18.9 Å². The summed E-state index contributed by atoms with van der Waals surface area (Å²) in [5.41, 5.74) is 3.92. The minimum absolute atomic E-state index is 0.0159. The molecule has 2 aliphatic rings. The van der Waals surface area contributed by atoms with Crippen LogP contribution in [0, 0.1) is 6.20 Å². The molecule has 6 heteroatoms. The summed E-state index contributed by atoms with van der Waals surface area (Å²) < 4.78 is 11.7. The zero-order valence-electron chi connectivity index (χ0n) is 27.0. The Hall–Kier alpha value is -3.89. The molecule has 2 aromatic carbocycles. The van der Waals surface area contributed by atoms with Crippen LogP contribution in [0.1, 0.15) is 102 Å². The zero-order chi connectivity index (χ0) is 31.0. The Balaban J connectivity index is 1.20. The summed E-state index contributed by atoms with van der Waals surface area (Å²) in [7, 11) is 1.66. The SMILES string of the molecule is CCCCCCCCCCCCCCOc1ccc(CN(C(C)=O)c2ccc(CC3=N[C+]=C4C=CC=CN43)cc2)cc1OC. The van der Waals surface area contributed by atoms with Crippen molar-refractivity contribution in [2.75, 3.05) is 18.6 Å². The van der Waals surface area contributed by atoms with Crippen molar-refractivity contribution in [3.05, 3.63) is 89.9 Å². The normalized spacial score (nSPS) is 13.3. The van der Waals surface area contributed by atoms with Gasteiger partial charge in [-0.2, -0.15) is 0 Å². The molecular weight excluding hydrogens is 546 g/mol. The Morgan fingerprint density at radius 2 is 1.50 bits per heavy atom. The number of benzene rings is 2. The second kappa shape index (κ2) is 18.0. The summed E-state index contributed by atoms with van der Waals surface area (Å²) >= 11 is 0. The van der Waals surface area contributed by atoms with Gasteiger partial charge in [-0.3, -0.25) is 4.79 Å². The zero-order valence-corrected chi connectivity index (χ0v) is 27.0. The Morgan fingerprint density at radius 1 is 0.841 bits per heavy atom. The maximum Gasteiger partial charge on any atom is 0.247 e. The second-order valence-corrected chi connectivity index (χ2v) is 11.8. The molecule has 0 atom stereocenters. The number of rotatable bonds is 20. The van der Waals surface area contributed by atoms with Gasteiger partial charge in [0.2, 0.25) is 17.4 Å². The van der Waals surface area contributed by atoms with Gasteiger partial charge in [0.05, 0.1) is 32.8 Å². The number of amidine groups is 1. The number of anilines is 1. The van der Waals surface area contributed by atoms with Gasteiger partial charge in [0.25, 0.3) is 0 Å². The predicted octanol–water partition coefficient (Wildman–Crippen LogP) is 9.31. The number of methoxy groups -OCH3 is 1. The van der Waals surface area contributed by atoms with E-state index in [-0.39, 0.29) is 5.91 Å². The first-order valence-corrected chi connectivity index (χ1v) is 16.6. The van der Waals surface area contributed by atoms with Gasteiger partial charge in [-0.05, 0) is 54.0 Å². The molecule has 1 amide bonds. The highest BCUT2D eigenvalue weighted by atomic mass is 16.5. The highest BCUT2D eigenvalue weighted by Crippen LogP contribution is 2.30. The van der Waals surface area contributed by atoms with E-state index in [0.29, 0.717) is 25.3 Å². The summed E-state index contributed by atoms with van der Waals surface area (Å²) in [6.07, 6.45) is 27.6. The lowest BCUT2D eigenvalue weighted by Crippen LogP contribution is -2.28. The van der Waals surface area contributed by atoms with Gasteiger partial charge in [0.15, 0.2) is 17.7 Å². The van der Waals surface area contributed by atoms with Crippen molar-refractivity contribution in [1.82, 2.24) is 4.90 Å². The number of allylic oxidation sites excluding steroid dienone is 3. The van der Waals surface area contributed by atoms with E-state index in [0.717, 1.165) is 40.5 Å². The van der Waals surface area contributed by atoms with Crippen molar-refractivity contribution >= 4 is 17.4 Å². The van der Waals surface area contributed by atoms with Crippen LogP contribution in [0.15, 0.2) is 77.6 Å². The molecule has 0 unspecified atom stereocenters. The lowest BCUT2D eigenvalue weighted by Gasteiger charge is -2.22. The third-order valence-corrected chi connectivity index (χ3v) is 8.25. The number of hydrogen-bond acceptors (Lipinski definition) is 5. The molecule has 0 N–H and O–H groups in total. The first-order chi connectivity index (χ1) is 21.6. The Bertz CT molecular complexity index is 1310. The molecule has 0 spiro atoms. The Morgan fingerprint density at radius 3 is 2.16 bits per heavy atom. The summed E-state index contributed by atoms with van der Waals surface area (Å²) in [6, 6.07) is 14.1. The van der Waals surface area contributed by atoms with E-state index in [1.165, 1.54) is 70.6 Å². The van der Waals surface area contributed by atoms with Crippen molar-refractivity contribution in [1.29, 1.82) is 0 Å². The minimum atomic E-state index is -0.0159. The lowest BCUT2D eigenvalue weighted by atomic mass is 10.1. The monoisotopic (exact) mass is 596 g/mol. The largest absolute Gasteiger partial charge is 0.493 e. The first kappa shape index (κ1) is 33.0. The summed E-state index contributed by atoms with van der Waals surface area (Å²) in [6.45, 7) is 5.01. The fourth-order valence-corrected chi connectivity index (χ4v) is 5.66. The molecule has 4 rings (SSSR count). The minimum Gasteiger partial charge on any atom is -0.493 e. The average Bonchev–Trinajstić information content (AvgIpc) is 3.45. The van der Waals surface area contributed by atoms with Crippen LogP contribution in [0.2, 0.25) is 0 Å². The van der Waals surface area contributed by atoms with E-state index in [9.17, 15) is 4.79 Å². The number of carbonyl (C=O) groups is 1. The molecule has 234 valence electrons. The number of carbonyl (C=O) groups excluding carboxylic acids is 1. The Kier molecular flexibility index (Phi) is 13.5. The Labute approximate surface area is 265 Å². The molecule has 0 fully saturated rings. The average molecular weight is 597 g/mol. The summed E-state index contributed by atoms with van der Waals surface area (Å²) in [5.74, 6) is 2.37. The van der Waals surface area contributed by atoms with Crippen molar-refractivity contribution < 1.29 is 14.3 Å². The van der Waals surface area contributed by atoms with Crippen LogP contribution in [0.25, 0.3) is 0 Å². The van der Waals surface area contributed by atoms with Gasteiger partial charge in [0, 0.05) is 18.8 Å². The molecular formula is C38H50N3O3+.